The summed E-state index contributed by atoms with van der Waals surface area (Å²) in [6, 6.07) is 0. The predicted octanol–water partition coefficient (Wildman–Crippen LogP) is 3.29. The van der Waals surface area contributed by atoms with Crippen molar-refractivity contribution in [1.29, 1.82) is 0 Å². The summed E-state index contributed by atoms with van der Waals surface area (Å²) >= 11 is 0. The lowest BCUT2D eigenvalue weighted by molar-refractivity contribution is -0.157. The molecule has 0 saturated heterocycles. The van der Waals surface area contributed by atoms with Crippen LogP contribution in [0.5, 0.6) is 0 Å². The third-order valence-corrected chi connectivity index (χ3v) is 3.83. The molecular weight excluding hydrogens is 252 g/mol. The van der Waals surface area contributed by atoms with E-state index in [1.807, 2.05) is 19.1 Å². The van der Waals surface area contributed by atoms with Crippen LogP contribution in [0.1, 0.15) is 34.6 Å². The molecule has 0 aromatic carbocycles. The SMILES string of the molecule is CC(=O)OC1(C)C(=O)C=C2C(C)=CC=C(C(C)C)C=C21. The van der Waals surface area contributed by atoms with Gasteiger partial charge in [-0.3, -0.25) is 9.59 Å². The highest BCUT2D eigenvalue weighted by atomic mass is 16.6. The van der Waals surface area contributed by atoms with Crippen LogP contribution in [0.15, 0.2) is 46.6 Å². The average Bonchev–Trinajstić information content (AvgIpc) is 2.47. The second-order valence-corrected chi connectivity index (χ2v) is 5.78. The highest BCUT2D eigenvalue weighted by Gasteiger charge is 2.46. The molecule has 1 atom stereocenters. The van der Waals surface area contributed by atoms with Crippen molar-refractivity contribution in [2.45, 2.75) is 40.2 Å². The van der Waals surface area contributed by atoms with Crippen molar-refractivity contribution in [3.8, 4) is 0 Å². The van der Waals surface area contributed by atoms with Gasteiger partial charge in [0.2, 0.25) is 5.78 Å². The molecule has 0 aliphatic heterocycles. The van der Waals surface area contributed by atoms with Gasteiger partial charge in [-0.15, -0.1) is 0 Å². The average molecular weight is 272 g/mol. The van der Waals surface area contributed by atoms with E-state index in [-0.39, 0.29) is 5.78 Å². The maximum atomic E-state index is 12.3. The summed E-state index contributed by atoms with van der Waals surface area (Å²) in [5.41, 5.74) is 2.58. The van der Waals surface area contributed by atoms with Gasteiger partial charge in [0.15, 0.2) is 5.60 Å². The fourth-order valence-electron chi connectivity index (χ4n) is 2.56. The summed E-state index contributed by atoms with van der Waals surface area (Å²) in [6.07, 6.45) is 7.64. The lowest BCUT2D eigenvalue weighted by Gasteiger charge is -2.26. The van der Waals surface area contributed by atoms with Crippen LogP contribution in [0.2, 0.25) is 0 Å². The van der Waals surface area contributed by atoms with E-state index in [0.717, 1.165) is 22.3 Å². The van der Waals surface area contributed by atoms with E-state index in [0.29, 0.717) is 5.92 Å². The molecule has 0 aromatic rings. The molecule has 1 unspecified atom stereocenters. The van der Waals surface area contributed by atoms with Crippen molar-refractivity contribution in [3.05, 3.63) is 46.6 Å². The molecular formula is C17H20O3. The summed E-state index contributed by atoms with van der Waals surface area (Å²) in [7, 11) is 0. The molecule has 0 heterocycles. The Balaban J connectivity index is 2.58. The zero-order valence-electron chi connectivity index (χ0n) is 12.6. The molecule has 0 bridgehead atoms. The van der Waals surface area contributed by atoms with Crippen molar-refractivity contribution >= 4 is 11.8 Å². The van der Waals surface area contributed by atoms with Gasteiger partial charge in [0.1, 0.15) is 0 Å². The minimum Gasteiger partial charge on any atom is -0.446 e. The fraction of sp³-hybridized carbons (Fsp3) is 0.412. The fourth-order valence-corrected chi connectivity index (χ4v) is 2.56. The minimum absolute atomic E-state index is 0.174. The third-order valence-electron chi connectivity index (χ3n) is 3.83. The minimum atomic E-state index is -1.20. The zero-order valence-corrected chi connectivity index (χ0v) is 12.6. The Kier molecular flexibility index (Phi) is 3.55. The van der Waals surface area contributed by atoms with Gasteiger partial charge in [0.25, 0.3) is 0 Å². The summed E-state index contributed by atoms with van der Waals surface area (Å²) in [4.78, 5) is 23.6. The number of allylic oxidation sites excluding steroid dienone is 5. The van der Waals surface area contributed by atoms with E-state index in [1.54, 1.807) is 13.0 Å². The van der Waals surface area contributed by atoms with E-state index in [9.17, 15) is 9.59 Å². The summed E-state index contributed by atoms with van der Waals surface area (Å²) in [5, 5.41) is 0. The molecule has 0 amide bonds. The molecule has 2 rings (SSSR count). The van der Waals surface area contributed by atoms with Gasteiger partial charge in [-0.2, -0.15) is 0 Å². The molecule has 2 aliphatic carbocycles. The molecule has 0 radical (unpaired) electrons. The molecule has 0 fully saturated rings. The van der Waals surface area contributed by atoms with Gasteiger partial charge < -0.3 is 4.74 Å². The van der Waals surface area contributed by atoms with Gasteiger partial charge in [-0.25, -0.2) is 0 Å². The highest BCUT2D eigenvalue weighted by Crippen LogP contribution is 2.41. The Hall–Kier alpha value is -1.90. The normalized spacial score (nSPS) is 25.4. The van der Waals surface area contributed by atoms with Gasteiger partial charge in [0, 0.05) is 12.5 Å². The van der Waals surface area contributed by atoms with Crippen LogP contribution in [0.4, 0.5) is 0 Å². The third kappa shape index (κ3) is 2.28. The monoisotopic (exact) mass is 272 g/mol. The Morgan fingerprint density at radius 2 is 1.90 bits per heavy atom. The summed E-state index contributed by atoms with van der Waals surface area (Å²) in [6.45, 7) is 9.16. The first-order chi connectivity index (χ1) is 9.25. The van der Waals surface area contributed by atoms with Crippen molar-refractivity contribution < 1.29 is 14.3 Å². The first kappa shape index (κ1) is 14.5. The van der Waals surface area contributed by atoms with Crippen molar-refractivity contribution in [3.63, 3.8) is 0 Å². The van der Waals surface area contributed by atoms with E-state index >= 15 is 0 Å². The number of carbonyl (C=O) groups excluding carboxylic acids is 2. The second-order valence-electron chi connectivity index (χ2n) is 5.78. The van der Waals surface area contributed by atoms with Crippen LogP contribution in [-0.2, 0) is 14.3 Å². The summed E-state index contributed by atoms with van der Waals surface area (Å²) in [5.74, 6) is -0.285. The molecule has 3 heteroatoms. The number of hydrogen-bond acceptors (Lipinski definition) is 3. The molecule has 0 N–H and O–H groups in total. The van der Waals surface area contributed by atoms with Crippen molar-refractivity contribution in [2.75, 3.05) is 0 Å². The van der Waals surface area contributed by atoms with Crippen molar-refractivity contribution in [1.82, 2.24) is 0 Å². The quantitative estimate of drug-likeness (QED) is 0.724. The maximum absolute atomic E-state index is 12.3. The van der Waals surface area contributed by atoms with Crippen LogP contribution < -0.4 is 0 Å². The number of esters is 1. The number of ether oxygens (including phenoxy) is 1. The molecule has 2 aliphatic rings. The van der Waals surface area contributed by atoms with Crippen LogP contribution in [0.3, 0.4) is 0 Å². The van der Waals surface area contributed by atoms with Crippen LogP contribution in [0, 0.1) is 5.92 Å². The maximum Gasteiger partial charge on any atom is 0.303 e. The lowest BCUT2D eigenvalue weighted by Crippen LogP contribution is -2.38. The van der Waals surface area contributed by atoms with Gasteiger partial charge in [-0.05, 0) is 42.6 Å². The molecule has 20 heavy (non-hydrogen) atoms. The molecule has 0 spiro atoms. The number of fused-ring (bicyclic) bond motifs is 1. The van der Waals surface area contributed by atoms with Crippen LogP contribution >= 0.6 is 0 Å². The molecule has 0 saturated carbocycles. The Bertz CT molecular complexity index is 600. The van der Waals surface area contributed by atoms with E-state index in [4.69, 9.17) is 4.74 Å². The topological polar surface area (TPSA) is 43.4 Å². The van der Waals surface area contributed by atoms with E-state index in [1.165, 1.54) is 6.92 Å². The number of hydrogen-bond donors (Lipinski definition) is 0. The van der Waals surface area contributed by atoms with Gasteiger partial charge >= 0.3 is 5.97 Å². The van der Waals surface area contributed by atoms with Gasteiger partial charge in [-0.1, -0.05) is 32.1 Å². The van der Waals surface area contributed by atoms with Gasteiger partial charge in [0.05, 0.1) is 0 Å². The lowest BCUT2D eigenvalue weighted by atomic mass is 9.89. The first-order valence-electron chi connectivity index (χ1n) is 6.83. The largest absolute Gasteiger partial charge is 0.446 e. The predicted molar refractivity (Wildman–Crippen MR) is 78.0 cm³/mol. The Morgan fingerprint density at radius 3 is 2.45 bits per heavy atom. The zero-order chi connectivity index (χ0) is 15.1. The standard InChI is InChI=1S/C17H20O3/c1-10(2)13-7-6-11(3)14-9-16(19)17(5,15(14)8-13)20-12(4)18/h6-10H,1-5H3. The van der Waals surface area contributed by atoms with Crippen LogP contribution in [-0.4, -0.2) is 17.4 Å². The van der Waals surface area contributed by atoms with E-state index in [2.05, 4.69) is 19.9 Å². The summed E-state index contributed by atoms with van der Waals surface area (Å²) < 4.78 is 5.35. The Labute approximate surface area is 119 Å². The van der Waals surface area contributed by atoms with Crippen molar-refractivity contribution in [2.24, 2.45) is 5.92 Å². The smallest absolute Gasteiger partial charge is 0.303 e. The molecule has 3 nitrogen and oxygen atoms in total. The number of carbonyl (C=O) groups is 2. The number of rotatable bonds is 2. The first-order valence-corrected chi connectivity index (χ1v) is 6.83. The highest BCUT2D eigenvalue weighted by molar-refractivity contribution is 6.07. The molecule has 0 aromatic heterocycles. The second kappa shape index (κ2) is 4.89. The number of ketones is 1. The van der Waals surface area contributed by atoms with E-state index < -0.39 is 11.6 Å². The molecule has 106 valence electrons. The Morgan fingerprint density at radius 1 is 1.25 bits per heavy atom. The van der Waals surface area contributed by atoms with Crippen LogP contribution in [0.25, 0.3) is 0 Å².